The topological polar surface area (TPSA) is 72.3 Å². The molecule has 0 amide bonds. The minimum absolute atomic E-state index is 0.356. The second-order valence-corrected chi connectivity index (χ2v) is 5.21. The molecule has 1 aliphatic heterocycles. The lowest BCUT2D eigenvalue weighted by atomic mass is 10.2. The van der Waals surface area contributed by atoms with Crippen LogP contribution in [0.4, 0.5) is 0 Å². The number of carbonyl (C=O) groups is 1. The Morgan fingerprint density at radius 1 is 1.36 bits per heavy atom. The van der Waals surface area contributed by atoms with Crippen molar-refractivity contribution in [2.24, 2.45) is 0 Å². The molecule has 1 fully saturated rings. The molecule has 116 valence electrons. The van der Waals surface area contributed by atoms with E-state index in [1.165, 1.54) is 7.11 Å². The van der Waals surface area contributed by atoms with Gasteiger partial charge in [-0.2, -0.15) is 0 Å². The van der Waals surface area contributed by atoms with E-state index in [1.807, 2.05) is 12.1 Å². The molecule has 22 heavy (non-hydrogen) atoms. The van der Waals surface area contributed by atoms with Crippen LogP contribution in [0.15, 0.2) is 30.5 Å². The number of hydrogen-bond donors (Lipinski definition) is 1. The van der Waals surface area contributed by atoms with Crippen LogP contribution in [-0.4, -0.2) is 59.2 Å². The van der Waals surface area contributed by atoms with Gasteiger partial charge in [0.25, 0.3) is 0 Å². The zero-order valence-electron chi connectivity index (χ0n) is 12.5. The molecule has 0 saturated carbocycles. The monoisotopic (exact) mass is 301 g/mol. The van der Waals surface area contributed by atoms with Crippen LogP contribution < -0.4 is 5.32 Å². The van der Waals surface area contributed by atoms with Gasteiger partial charge in [-0.25, -0.2) is 9.48 Å². The Hall–Kier alpha value is -2.25. The van der Waals surface area contributed by atoms with Gasteiger partial charge in [0.2, 0.25) is 0 Å². The van der Waals surface area contributed by atoms with E-state index in [4.69, 9.17) is 4.74 Å². The van der Waals surface area contributed by atoms with Crippen molar-refractivity contribution in [1.82, 2.24) is 25.2 Å². The summed E-state index contributed by atoms with van der Waals surface area (Å²) < 4.78 is 6.53. The Bertz CT molecular complexity index is 649. The number of carbonyl (C=O) groups excluding carboxylic acids is 1. The highest BCUT2D eigenvalue weighted by molar-refractivity contribution is 5.89. The Kier molecular flexibility index (Phi) is 4.45. The number of esters is 1. The summed E-state index contributed by atoms with van der Waals surface area (Å²) in [6, 6.07) is 7.21. The average Bonchev–Trinajstić information content (AvgIpc) is 3.03. The van der Waals surface area contributed by atoms with E-state index in [0.29, 0.717) is 5.56 Å². The van der Waals surface area contributed by atoms with Crippen LogP contribution in [0.1, 0.15) is 16.1 Å². The third-order valence-electron chi connectivity index (χ3n) is 3.73. The number of nitrogens with one attached hydrogen (secondary N) is 1. The normalized spacial score (nSPS) is 15.7. The minimum atomic E-state index is -0.356. The van der Waals surface area contributed by atoms with Gasteiger partial charge in [0, 0.05) is 32.7 Å². The highest BCUT2D eigenvalue weighted by atomic mass is 16.5. The molecule has 1 saturated heterocycles. The maximum absolute atomic E-state index is 11.7. The van der Waals surface area contributed by atoms with Crippen molar-refractivity contribution in [2.45, 2.75) is 6.54 Å². The fourth-order valence-corrected chi connectivity index (χ4v) is 2.56. The first-order valence-corrected chi connectivity index (χ1v) is 7.29. The summed E-state index contributed by atoms with van der Waals surface area (Å²) in [6.45, 7) is 4.80. The molecule has 0 bridgehead atoms. The molecule has 7 heteroatoms. The number of piperazine rings is 1. The van der Waals surface area contributed by atoms with Crippen molar-refractivity contribution >= 4 is 5.97 Å². The smallest absolute Gasteiger partial charge is 0.337 e. The van der Waals surface area contributed by atoms with Crippen LogP contribution in [0, 0.1) is 0 Å². The molecule has 1 aromatic carbocycles. The lowest BCUT2D eigenvalue weighted by Gasteiger charge is -2.26. The molecular formula is C15H19N5O2. The number of hydrogen-bond acceptors (Lipinski definition) is 6. The van der Waals surface area contributed by atoms with Crippen molar-refractivity contribution < 1.29 is 9.53 Å². The predicted octanol–water partition coefficient (Wildman–Crippen LogP) is 0.459. The quantitative estimate of drug-likeness (QED) is 0.827. The van der Waals surface area contributed by atoms with Gasteiger partial charge in [0.05, 0.1) is 30.3 Å². The van der Waals surface area contributed by atoms with E-state index in [-0.39, 0.29) is 5.97 Å². The molecule has 0 aliphatic carbocycles. The number of benzene rings is 1. The van der Waals surface area contributed by atoms with Gasteiger partial charge in [-0.1, -0.05) is 11.3 Å². The number of nitrogens with zero attached hydrogens (tertiary/aromatic N) is 4. The van der Waals surface area contributed by atoms with Crippen LogP contribution in [0.3, 0.4) is 0 Å². The van der Waals surface area contributed by atoms with Crippen LogP contribution in [-0.2, 0) is 11.3 Å². The summed E-state index contributed by atoms with van der Waals surface area (Å²) in [5.41, 5.74) is 2.32. The Labute approximate surface area is 128 Å². The molecule has 1 N–H and O–H groups in total. The lowest BCUT2D eigenvalue weighted by Crippen LogP contribution is -2.43. The summed E-state index contributed by atoms with van der Waals surface area (Å²) in [6.07, 6.45) is 1.77. The molecule has 3 rings (SSSR count). The van der Waals surface area contributed by atoms with Gasteiger partial charge in [0.15, 0.2) is 0 Å². The van der Waals surface area contributed by atoms with E-state index in [0.717, 1.165) is 44.1 Å². The molecule has 2 heterocycles. The van der Waals surface area contributed by atoms with Crippen LogP contribution in [0.5, 0.6) is 0 Å². The van der Waals surface area contributed by atoms with Gasteiger partial charge in [0.1, 0.15) is 0 Å². The first kappa shape index (κ1) is 14.7. The zero-order valence-corrected chi connectivity index (χ0v) is 12.5. The third-order valence-corrected chi connectivity index (χ3v) is 3.73. The van der Waals surface area contributed by atoms with Crippen molar-refractivity contribution in [3.8, 4) is 5.69 Å². The minimum Gasteiger partial charge on any atom is -0.465 e. The first-order chi connectivity index (χ1) is 10.8. The van der Waals surface area contributed by atoms with E-state index >= 15 is 0 Å². The van der Waals surface area contributed by atoms with Gasteiger partial charge < -0.3 is 10.1 Å². The first-order valence-electron chi connectivity index (χ1n) is 7.29. The summed E-state index contributed by atoms with van der Waals surface area (Å²) in [5, 5.41) is 11.5. The molecule has 0 radical (unpaired) electrons. The molecule has 0 atom stereocenters. The van der Waals surface area contributed by atoms with E-state index < -0.39 is 0 Å². The molecular weight excluding hydrogens is 282 g/mol. The molecule has 1 aromatic heterocycles. The zero-order chi connectivity index (χ0) is 15.4. The second-order valence-electron chi connectivity index (χ2n) is 5.21. The number of ether oxygens (including phenoxy) is 1. The fourth-order valence-electron chi connectivity index (χ4n) is 2.56. The van der Waals surface area contributed by atoms with Crippen LogP contribution in [0.2, 0.25) is 0 Å². The number of aromatic nitrogens is 3. The summed E-state index contributed by atoms with van der Waals surface area (Å²) in [4.78, 5) is 14.0. The van der Waals surface area contributed by atoms with Crippen molar-refractivity contribution in [2.75, 3.05) is 33.3 Å². The molecule has 7 nitrogen and oxygen atoms in total. The van der Waals surface area contributed by atoms with Crippen molar-refractivity contribution in [1.29, 1.82) is 0 Å². The van der Waals surface area contributed by atoms with Crippen LogP contribution >= 0.6 is 0 Å². The molecule has 0 spiro atoms. The fraction of sp³-hybridized carbons (Fsp3) is 0.400. The standard InChI is InChI=1S/C15H19N5O2/c1-22-15(21)12-3-2-4-13(9-12)20-14(10-17-18-20)11-19-7-5-16-6-8-19/h2-4,9-10,16H,5-8,11H2,1H3. The Morgan fingerprint density at radius 2 is 2.18 bits per heavy atom. The van der Waals surface area contributed by atoms with Gasteiger partial charge in [-0.15, -0.1) is 5.10 Å². The lowest BCUT2D eigenvalue weighted by molar-refractivity contribution is 0.0600. The SMILES string of the molecule is COC(=O)c1cccc(-n2nncc2CN2CCNCC2)c1. The van der Waals surface area contributed by atoms with E-state index in [9.17, 15) is 4.79 Å². The summed E-state index contributed by atoms with van der Waals surface area (Å²) in [7, 11) is 1.38. The van der Waals surface area contributed by atoms with Crippen molar-refractivity contribution in [3.05, 3.63) is 41.7 Å². The number of methoxy groups -OCH3 is 1. The van der Waals surface area contributed by atoms with E-state index in [1.54, 1.807) is 23.0 Å². The average molecular weight is 301 g/mol. The summed E-state index contributed by atoms with van der Waals surface area (Å²) >= 11 is 0. The van der Waals surface area contributed by atoms with Gasteiger partial charge in [-0.3, -0.25) is 4.90 Å². The molecule has 0 unspecified atom stereocenters. The van der Waals surface area contributed by atoms with Gasteiger partial charge in [-0.05, 0) is 18.2 Å². The molecule has 1 aliphatic rings. The maximum Gasteiger partial charge on any atom is 0.337 e. The Balaban J connectivity index is 1.83. The highest BCUT2D eigenvalue weighted by Crippen LogP contribution is 2.14. The highest BCUT2D eigenvalue weighted by Gasteiger charge is 2.15. The van der Waals surface area contributed by atoms with E-state index in [2.05, 4.69) is 20.5 Å². The largest absolute Gasteiger partial charge is 0.465 e. The predicted molar refractivity (Wildman–Crippen MR) is 80.8 cm³/mol. The molecule has 2 aromatic rings. The number of rotatable bonds is 4. The van der Waals surface area contributed by atoms with Gasteiger partial charge >= 0.3 is 5.97 Å². The Morgan fingerprint density at radius 3 is 2.95 bits per heavy atom. The maximum atomic E-state index is 11.7. The second kappa shape index (κ2) is 6.67. The van der Waals surface area contributed by atoms with Crippen LogP contribution in [0.25, 0.3) is 5.69 Å². The van der Waals surface area contributed by atoms with Crippen molar-refractivity contribution in [3.63, 3.8) is 0 Å². The summed E-state index contributed by atoms with van der Waals surface area (Å²) in [5.74, 6) is -0.356. The third kappa shape index (κ3) is 3.15.